The molecule has 0 fully saturated rings. The van der Waals surface area contributed by atoms with E-state index in [1.807, 2.05) is 49.4 Å². The molecule has 0 saturated heterocycles. The molecule has 0 bridgehead atoms. The monoisotopic (exact) mass is 285 g/mol. The van der Waals surface area contributed by atoms with Crippen molar-refractivity contribution < 1.29 is 5.11 Å². The van der Waals surface area contributed by atoms with E-state index >= 15 is 0 Å². The average Bonchev–Trinajstić information content (AvgIpc) is 2.47. The second-order valence-corrected chi connectivity index (χ2v) is 5.28. The number of hydrogen-bond donors (Lipinski definition) is 2. The van der Waals surface area contributed by atoms with Gasteiger partial charge >= 0.3 is 0 Å². The minimum absolute atomic E-state index is 0.518. The van der Waals surface area contributed by atoms with Crippen LogP contribution in [0.4, 0.5) is 5.69 Å². The number of rotatable bonds is 6. The summed E-state index contributed by atoms with van der Waals surface area (Å²) in [7, 11) is 0. The van der Waals surface area contributed by atoms with Gasteiger partial charge in [0.25, 0.3) is 0 Å². The highest BCUT2D eigenvalue weighted by Gasteiger charge is 2.13. The van der Waals surface area contributed by atoms with Crippen LogP contribution in [0.1, 0.15) is 30.0 Å². The predicted octanol–water partition coefficient (Wildman–Crippen LogP) is 2.53. The largest absolute Gasteiger partial charge is 0.399 e. The number of likely N-dealkylation sites (N-methyl/N-ethyl adjacent to an activating group) is 1. The number of benzene rings is 1. The van der Waals surface area contributed by atoms with Gasteiger partial charge in [-0.1, -0.05) is 25.1 Å². The Hall–Kier alpha value is -1.91. The molecule has 0 aliphatic carbocycles. The van der Waals surface area contributed by atoms with Gasteiger partial charge in [-0.25, -0.2) is 0 Å². The number of hydrogen-bond acceptors (Lipinski definition) is 4. The van der Waals surface area contributed by atoms with Crippen molar-refractivity contribution in [3.63, 3.8) is 0 Å². The number of nitrogens with zero attached hydrogens (tertiary/aromatic N) is 2. The van der Waals surface area contributed by atoms with Crippen molar-refractivity contribution in [1.29, 1.82) is 0 Å². The first-order chi connectivity index (χ1) is 10.1. The van der Waals surface area contributed by atoms with E-state index in [-0.39, 0.29) is 0 Å². The Morgan fingerprint density at radius 2 is 1.90 bits per heavy atom. The zero-order chi connectivity index (χ0) is 15.2. The highest BCUT2D eigenvalue weighted by molar-refractivity contribution is 5.39. The van der Waals surface area contributed by atoms with Crippen LogP contribution >= 0.6 is 0 Å². The molecule has 21 heavy (non-hydrogen) atoms. The fourth-order valence-electron chi connectivity index (χ4n) is 2.29. The lowest BCUT2D eigenvalue weighted by Gasteiger charge is -2.23. The first kappa shape index (κ1) is 15.5. The number of pyridine rings is 1. The maximum Gasteiger partial charge on any atom is 0.0917 e. The van der Waals surface area contributed by atoms with E-state index in [1.54, 1.807) is 0 Å². The van der Waals surface area contributed by atoms with E-state index in [1.165, 1.54) is 0 Å². The Bertz CT molecular complexity index is 569. The molecule has 4 nitrogen and oxygen atoms in total. The summed E-state index contributed by atoms with van der Waals surface area (Å²) in [4.78, 5) is 6.70. The fraction of sp³-hybridized carbons (Fsp3) is 0.353. The second kappa shape index (κ2) is 7.20. The summed E-state index contributed by atoms with van der Waals surface area (Å²) in [6.45, 7) is 6.26. The number of aliphatic hydroxyl groups is 1. The molecule has 0 aliphatic heterocycles. The van der Waals surface area contributed by atoms with E-state index in [0.717, 1.165) is 30.0 Å². The third kappa shape index (κ3) is 4.55. The normalized spacial score (nSPS) is 12.6. The first-order valence-corrected chi connectivity index (χ1v) is 7.27. The summed E-state index contributed by atoms with van der Waals surface area (Å²) in [6.07, 6.45) is -0.518. The molecule has 1 heterocycles. The topological polar surface area (TPSA) is 62.4 Å². The number of nitrogen functional groups attached to an aromatic ring is 1. The number of aryl methyl sites for hydroxylation is 1. The van der Waals surface area contributed by atoms with E-state index in [0.29, 0.717) is 12.2 Å². The molecule has 0 spiro atoms. The third-order valence-corrected chi connectivity index (χ3v) is 3.53. The van der Waals surface area contributed by atoms with Crippen LogP contribution in [0, 0.1) is 6.92 Å². The van der Waals surface area contributed by atoms with Gasteiger partial charge in [-0.3, -0.25) is 9.88 Å². The average molecular weight is 285 g/mol. The standard InChI is InChI=1S/C17H23N3O/c1-3-20(11-16-6-4-5-13(2)19-16)12-17(21)14-7-9-15(18)10-8-14/h4-10,17,21H,3,11-12,18H2,1-2H3. The molecule has 1 atom stereocenters. The molecule has 1 aromatic heterocycles. The van der Waals surface area contributed by atoms with Gasteiger partial charge in [-0.05, 0) is 43.3 Å². The summed E-state index contributed by atoms with van der Waals surface area (Å²) in [5.74, 6) is 0. The molecule has 0 aliphatic rings. The first-order valence-electron chi connectivity index (χ1n) is 7.27. The van der Waals surface area contributed by atoms with E-state index < -0.39 is 6.10 Å². The smallest absolute Gasteiger partial charge is 0.0917 e. The van der Waals surface area contributed by atoms with Crippen molar-refractivity contribution in [2.24, 2.45) is 0 Å². The van der Waals surface area contributed by atoms with Crippen LogP contribution in [0.25, 0.3) is 0 Å². The van der Waals surface area contributed by atoms with E-state index in [9.17, 15) is 5.11 Å². The summed E-state index contributed by atoms with van der Waals surface area (Å²) in [5, 5.41) is 10.3. The van der Waals surface area contributed by atoms with Crippen LogP contribution in [0.3, 0.4) is 0 Å². The van der Waals surface area contributed by atoms with Crippen LogP contribution in [-0.4, -0.2) is 28.1 Å². The molecule has 4 heteroatoms. The van der Waals surface area contributed by atoms with Crippen molar-refractivity contribution >= 4 is 5.69 Å². The van der Waals surface area contributed by atoms with Gasteiger partial charge < -0.3 is 10.8 Å². The molecule has 1 unspecified atom stereocenters. The van der Waals surface area contributed by atoms with Gasteiger partial charge in [0.05, 0.1) is 11.8 Å². The van der Waals surface area contributed by atoms with Crippen molar-refractivity contribution in [1.82, 2.24) is 9.88 Å². The van der Waals surface area contributed by atoms with E-state index in [2.05, 4.69) is 16.8 Å². The van der Waals surface area contributed by atoms with Crippen LogP contribution < -0.4 is 5.73 Å². The molecule has 0 amide bonds. The zero-order valence-electron chi connectivity index (χ0n) is 12.7. The quantitative estimate of drug-likeness (QED) is 0.801. The predicted molar refractivity (Wildman–Crippen MR) is 85.7 cm³/mol. The maximum atomic E-state index is 10.3. The highest BCUT2D eigenvalue weighted by atomic mass is 16.3. The van der Waals surface area contributed by atoms with Crippen LogP contribution in [0.15, 0.2) is 42.5 Å². The maximum absolute atomic E-state index is 10.3. The Balaban J connectivity index is 2.00. The third-order valence-electron chi connectivity index (χ3n) is 3.53. The molecule has 3 N–H and O–H groups in total. The lowest BCUT2D eigenvalue weighted by molar-refractivity contribution is 0.111. The number of aromatic nitrogens is 1. The van der Waals surface area contributed by atoms with Crippen LogP contribution in [0.2, 0.25) is 0 Å². The minimum atomic E-state index is -0.518. The van der Waals surface area contributed by atoms with Gasteiger partial charge in [-0.2, -0.15) is 0 Å². The summed E-state index contributed by atoms with van der Waals surface area (Å²) >= 11 is 0. The second-order valence-electron chi connectivity index (χ2n) is 5.28. The number of nitrogens with two attached hydrogens (primary N) is 1. The van der Waals surface area contributed by atoms with Gasteiger partial charge in [0.15, 0.2) is 0 Å². The Morgan fingerprint density at radius 1 is 1.19 bits per heavy atom. The molecular weight excluding hydrogens is 262 g/mol. The van der Waals surface area contributed by atoms with Gasteiger partial charge in [0, 0.05) is 24.5 Å². The van der Waals surface area contributed by atoms with Crippen molar-refractivity contribution in [3.8, 4) is 0 Å². The molecule has 2 aromatic rings. The minimum Gasteiger partial charge on any atom is -0.399 e. The Kier molecular flexibility index (Phi) is 5.31. The molecule has 0 saturated carbocycles. The molecule has 0 radical (unpaired) electrons. The van der Waals surface area contributed by atoms with Gasteiger partial charge in [0.1, 0.15) is 0 Å². The van der Waals surface area contributed by atoms with Crippen molar-refractivity contribution in [2.75, 3.05) is 18.8 Å². The zero-order valence-corrected chi connectivity index (χ0v) is 12.7. The molecule has 112 valence electrons. The summed E-state index contributed by atoms with van der Waals surface area (Å²) < 4.78 is 0. The Morgan fingerprint density at radius 3 is 2.52 bits per heavy atom. The number of anilines is 1. The van der Waals surface area contributed by atoms with Gasteiger partial charge in [0.2, 0.25) is 0 Å². The summed E-state index contributed by atoms with van der Waals surface area (Å²) in [6, 6.07) is 13.4. The SMILES string of the molecule is CCN(Cc1cccc(C)n1)CC(O)c1ccc(N)cc1. The number of aliphatic hydroxyl groups excluding tert-OH is 1. The lowest BCUT2D eigenvalue weighted by Crippen LogP contribution is -2.28. The van der Waals surface area contributed by atoms with Crippen molar-refractivity contribution in [3.05, 3.63) is 59.4 Å². The molecule has 2 rings (SSSR count). The lowest BCUT2D eigenvalue weighted by atomic mass is 10.1. The van der Waals surface area contributed by atoms with Gasteiger partial charge in [-0.15, -0.1) is 0 Å². The van der Waals surface area contributed by atoms with Crippen LogP contribution in [0.5, 0.6) is 0 Å². The summed E-state index contributed by atoms with van der Waals surface area (Å²) in [5.41, 5.74) is 9.31. The van der Waals surface area contributed by atoms with E-state index in [4.69, 9.17) is 5.73 Å². The fourth-order valence-corrected chi connectivity index (χ4v) is 2.29. The Labute approximate surface area is 126 Å². The molecule has 1 aromatic carbocycles. The molecular formula is C17H23N3O. The van der Waals surface area contributed by atoms with Crippen molar-refractivity contribution in [2.45, 2.75) is 26.5 Å². The van der Waals surface area contributed by atoms with Crippen LogP contribution in [-0.2, 0) is 6.54 Å². The highest BCUT2D eigenvalue weighted by Crippen LogP contribution is 2.17.